The van der Waals surface area contributed by atoms with E-state index in [1.165, 1.54) is 0 Å². The number of fused-ring (bicyclic) bond motifs is 1. The summed E-state index contributed by atoms with van der Waals surface area (Å²) in [6.07, 6.45) is 1.36. The van der Waals surface area contributed by atoms with Crippen LogP contribution in [0.3, 0.4) is 0 Å². The number of ether oxygens (including phenoxy) is 1. The number of rotatable bonds is 3. The first kappa shape index (κ1) is 20.7. The maximum absolute atomic E-state index is 13.3. The minimum atomic E-state index is -0.350. The molecule has 3 aromatic carbocycles. The lowest BCUT2D eigenvalue weighted by Crippen LogP contribution is -2.39. The van der Waals surface area contributed by atoms with Crippen molar-refractivity contribution in [1.29, 1.82) is 0 Å². The number of nitrogens with zero attached hydrogens (tertiary/aromatic N) is 1. The summed E-state index contributed by atoms with van der Waals surface area (Å²) in [4.78, 5) is 15.1. The SMILES string of the molecule is O=C(OCc1ccccc1)N1c2c(Br)cc(I)cc2CCC1c1ccc(Cl)cc1. The van der Waals surface area contributed by atoms with Crippen LogP contribution < -0.4 is 4.90 Å². The average molecular weight is 583 g/mol. The van der Waals surface area contributed by atoms with E-state index in [1.54, 1.807) is 4.90 Å². The van der Waals surface area contributed by atoms with Gasteiger partial charge in [-0.25, -0.2) is 4.79 Å². The highest BCUT2D eigenvalue weighted by Gasteiger charge is 2.35. The predicted octanol–water partition coefficient (Wildman–Crippen LogP) is 7.54. The first-order valence-electron chi connectivity index (χ1n) is 9.26. The molecule has 1 heterocycles. The molecule has 6 heteroatoms. The highest BCUT2D eigenvalue weighted by molar-refractivity contribution is 14.1. The Kier molecular flexibility index (Phi) is 6.47. The largest absolute Gasteiger partial charge is 0.444 e. The molecule has 1 atom stereocenters. The zero-order valence-electron chi connectivity index (χ0n) is 15.4. The highest BCUT2D eigenvalue weighted by Crippen LogP contribution is 2.44. The lowest BCUT2D eigenvalue weighted by molar-refractivity contribution is 0.143. The second kappa shape index (κ2) is 9.06. The molecule has 0 aliphatic carbocycles. The van der Waals surface area contributed by atoms with Gasteiger partial charge in [0.2, 0.25) is 0 Å². The van der Waals surface area contributed by atoms with Crippen LogP contribution in [-0.4, -0.2) is 6.09 Å². The van der Waals surface area contributed by atoms with E-state index in [1.807, 2.05) is 60.7 Å². The van der Waals surface area contributed by atoms with Crippen molar-refractivity contribution < 1.29 is 9.53 Å². The molecule has 3 aromatic rings. The van der Waals surface area contributed by atoms with Crippen molar-refractivity contribution in [2.24, 2.45) is 0 Å². The van der Waals surface area contributed by atoms with E-state index in [-0.39, 0.29) is 18.7 Å². The second-order valence-corrected chi connectivity index (χ2v) is 9.45. The molecule has 0 saturated heterocycles. The van der Waals surface area contributed by atoms with Gasteiger partial charge in [-0.2, -0.15) is 0 Å². The normalized spacial score (nSPS) is 15.7. The van der Waals surface area contributed by atoms with Gasteiger partial charge in [-0.3, -0.25) is 4.90 Å². The lowest BCUT2D eigenvalue weighted by atomic mass is 9.91. The fourth-order valence-electron chi connectivity index (χ4n) is 3.66. The number of benzene rings is 3. The maximum Gasteiger partial charge on any atom is 0.415 e. The van der Waals surface area contributed by atoms with E-state index >= 15 is 0 Å². The van der Waals surface area contributed by atoms with Gasteiger partial charge in [0.1, 0.15) is 6.61 Å². The Balaban J connectivity index is 1.70. The number of hydrogen-bond acceptors (Lipinski definition) is 2. The Morgan fingerprint density at radius 2 is 1.86 bits per heavy atom. The predicted molar refractivity (Wildman–Crippen MR) is 128 cm³/mol. The first-order chi connectivity index (χ1) is 14.0. The van der Waals surface area contributed by atoms with Gasteiger partial charge >= 0.3 is 6.09 Å². The fourth-order valence-corrected chi connectivity index (χ4v) is 5.60. The zero-order valence-corrected chi connectivity index (χ0v) is 19.9. The summed E-state index contributed by atoms with van der Waals surface area (Å²) < 4.78 is 7.76. The second-order valence-electron chi connectivity index (χ2n) is 6.91. The molecule has 1 unspecified atom stereocenters. The van der Waals surface area contributed by atoms with E-state index in [4.69, 9.17) is 16.3 Å². The van der Waals surface area contributed by atoms with Gasteiger partial charge in [0.15, 0.2) is 0 Å². The zero-order chi connectivity index (χ0) is 20.4. The van der Waals surface area contributed by atoms with Gasteiger partial charge in [-0.15, -0.1) is 0 Å². The molecule has 148 valence electrons. The molecule has 0 aromatic heterocycles. The van der Waals surface area contributed by atoms with Gasteiger partial charge in [0, 0.05) is 13.1 Å². The average Bonchev–Trinajstić information content (AvgIpc) is 2.72. The molecule has 0 N–H and O–H groups in total. The monoisotopic (exact) mass is 581 g/mol. The number of anilines is 1. The summed E-state index contributed by atoms with van der Waals surface area (Å²) in [5, 5.41) is 0.680. The summed E-state index contributed by atoms with van der Waals surface area (Å²) in [7, 11) is 0. The summed E-state index contributed by atoms with van der Waals surface area (Å²) in [6, 6.07) is 21.5. The van der Waals surface area contributed by atoms with Crippen LogP contribution in [0.2, 0.25) is 5.02 Å². The molecule has 3 nitrogen and oxygen atoms in total. The molecule has 0 saturated carbocycles. The summed E-state index contributed by atoms with van der Waals surface area (Å²) >= 11 is 12.1. The van der Waals surface area contributed by atoms with E-state index in [0.29, 0.717) is 5.02 Å². The summed E-state index contributed by atoms with van der Waals surface area (Å²) in [5.41, 5.74) is 4.03. The van der Waals surface area contributed by atoms with Gasteiger partial charge in [-0.05, 0) is 92.3 Å². The summed E-state index contributed by atoms with van der Waals surface area (Å²) in [5.74, 6) is 0. The Morgan fingerprint density at radius 1 is 1.14 bits per heavy atom. The smallest absolute Gasteiger partial charge is 0.415 e. The van der Waals surface area contributed by atoms with Crippen molar-refractivity contribution in [1.82, 2.24) is 0 Å². The number of carbonyl (C=O) groups is 1. The van der Waals surface area contributed by atoms with Crippen LogP contribution in [0.1, 0.15) is 29.2 Å². The Hall–Kier alpha value is -1.57. The molecule has 4 rings (SSSR count). The molecule has 0 bridgehead atoms. The van der Waals surface area contributed by atoms with E-state index in [9.17, 15) is 4.79 Å². The van der Waals surface area contributed by atoms with Crippen LogP contribution in [0.5, 0.6) is 0 Å². The van der Waals surface area contributed by atoms with Crippen molar-refractivity contribution in [2.75, 3.05) is 4.90 Å². The molecule has 0 fully saturated rings. The Labute approximate surface area is 197 Å². The van der Waals surface area contributed by atoms with Crippen LogP contribution in [0.4, 0.5) is 10.5 Å². The standard InChI is InChI=1S/C23H18BrClINO2/c24-20-13-19(26)12-17-8-11-21(16-6-9-18(25)10-7-16)27(22(17)20)23(28)29-14-15-4-2-1-3-5-15/h1-7,9-10,12-13,21H,8,11,14H2. The molecule has 0 radical (unpaired) electrons. The Bertz CT molecular complexity index is 1030. The third-order valence-electron chi connectivity index (χ3n) is 5.00. The van der Waals surface area contributed by atoms with Crippen LogP contribution in [0, 0.1) is 3.57 Å². The van der Waals surface area contributed by atoms with Crippen molar-refractivity contribution in [3.05, 3.63) is 96.5 Å². The van der Waals surface area contributed by atoms with Crippen LogP contribution in [-0.2, 0) is 17.8 Å². The molecular formula is C23H18BrClINO2. The molecular weight excluding hydrogens is 565 g/mol. The molecule has 29 heavy (non-hydrogen) atoms. The third kappa shape index (κ3) is 4.62. The van der Waals surface area contributed by atoms with Gasteiger partial charge < -0.3 is 4.74 Å². The topological polar surface area (TPSA) is 29.5 Å². The minimum absolute atomic E-state index is 0.112. The van der Waals surface area contributed by atoms with Crippen LogP contribution in [0.25, 0.3) is 0 Å². The summed E-state index contributed by atoms with van der Waals surface area (Å²) in [6.45, 7) is 0.237. The van der Waals surface area contributed by atoms with Gasteiger partial charge in [-0.1, -0.05) is 54.1 Å². The highest BCUT2D eigenvalue weighted by atomic mass is 127. The molecule has 1 amide bonds. The number of hydrogen-bond donors (Lipinski definition) is 0. The molecule has 1 aliphatic rings. The fraction of sp³-hybridized carbons (Fsp3) is 0.174. The Morgan fingerprint density at radius 3 is 2.59 bits per heavy atom. The van der Waals surface area contributed by atoms with E-state index < -0.39 is 0 Å². The van der Waals surface area contributed by atoms with E-state index in [2.05, 4.69) is 44.6 Å². The van der Waals surface area contributed by atoms with Crippen LogP contribution in [0.15, 0.2) is 71.2 Å². The molecule has 0 spiro atoms. The maximum atomic E-state index is 13.3. The third-order valence-corrected chi connectivity index (χ3v) is 6.48. The lowest BCUT2D eigenvalue weighted by Gasteiger charge is -2.37. The van der Waals surface area contributed by atoms with Crippen molar-refractivity contribution in [3.8, 4) is 0 Å². The van der Waals surface area contributed by atoms with Crippen molar-refractivity contribution in [3.63, 3.8) is 0 Å². The number of halogens is 3. The quantitative estimate of drug-likeness (QED) is 0.299. The van der Waals surface area contributed by atoms with Crippen molar-refractivity contribution >= 4 is 61.9 Å². The van der Waals surface area contributed by atoms with Crippen molar-refractivity contribution in [2.45, 2.75) is 25.5 Å². The van der Waals surface area contributed by atoms with E-state index in [0.717, 1.165) is 43.3 Å². The van der Waals surface area contributed by atoms with Gasteiger partial charge in [0.05, 0.1) is 11.7 Å². The number of aryl methyl sites for hydroxylation is 1. The molecule has 1 aliphatic heterocycles. The number of amides is 1. The minimum Gasteiger partial charge on any atom is -0.444 e. The van der Waals surface area contributed by atoms with Gasteiger partial charge in [0.25, 0.3) is 0 Å². The number of carbonyl (C=O) groups excluding carboxylic acids is 1. The van der Waals surface area contributed by atoms with Crippen LogP contribution >= 0.6 is 50.1 Å². The first-order valence-corrected chi connectivity index (χ1v) is 11.5.